The van der Waals surface area contributed by atoms with Crippen molar-refractivity contribution in [2.24, 2.45) is 5.41 Å². The van der Waals surface area contributed by atoms with Gasteiger partial charge >= 0.3 is 0 Å². The summed E-state index contributed by atoms with van der Waals surface area (Å²) in [5.41, 5.74) is 0.241. The maximum absolute atomic E-state index is 8.29. The molecule has 1 nitrogen and oxygen atoms in total. The Morgan fingerprint density at radius 3 is 2.64 bits per heavy atom. The number of hydrogen-bond acceptors (Lipinski definition) is 1. The molecular weight excluding hydrogens is 266 g/mol. The number of likely N-dealkylation sites (N-methyl/N-ethyl adjacent to an activating group) is 1. The van der Waals surface area contributed by atoms with Gasteiger partial charge < -0.3 is 0 Å². The summed E-state index contributed by atoms with van der Waals surface area (Å²) in [4.78, 5) is 1.87. The lowest BCUT2D eigenvalue weighted by Gasteiger charge is -2.15. The van der Waals surface area contributed by atoms with E-state index >= 15 is 0 Å². The monoisotopic (exact) mass is 298 g/mol. The third-order valence-corrected chi connectivity index (χ3v) is 2.88. The molecule has 0 heterocycles. The van der Waals surface area contributed by atoms with Crippen molar-refractivity contribution >= 4 is 10.8 Å². The summed E-state index contributed by atoms with van der Waals surface area (Å²) < 4.78 is 56.7. The van der Waals surface area contributed by atoms with Crippen LogP contribution in [0.2, 0.25) is 0 Å². The Bertz CT molecular complexity index is 1030. The summed E-state index contributed by atoms with van der Waals surface area (Å²) in [6.45, 7) is 6.80. The standard InChI is InChI=1S/C21H25N/c1-21(2,3)15-8-5-9-16-22(4)17-19-13-10-12-18-11-6-7-14-20(18)19/h5-7,9-14H,16-17H2,1-4H3/b9-5+/i6D,7D,10D,11D,12D,13D,14D. The van der Waals surface area contributed by atoms with Gasteiger partial charge in [-0.3, -0.25) is 4.90 Å². The van der Waals surface area contributed by atoms with E-state index in [0.717, 1.165) is 0 Å². The van der Waals surface area contributed by atoms with Crippen molar-refractivity contribution in [2.45, 2.75) is 27.3 Å². The molecule has 0 atom stereocenters. The summed E-state index contributed by atoms with van der Waals surface area (Å²) >= 11 is 0. The second kappa shape index (κ2) is 7.29. The van der Waals surface area contributed by atoms with Gasteiger partial charge in [-0.05, 0) is 50.2 Å². The summed E-state index contributed by atoms with van der Waals surface area (Å²) in [5.74, 6) is 6.09. The fourth-order valence-corrected chi connectivity index (χ4v) is 1.87. The van der Waals surface area contributed by atoms with E-state index in [0.29, 0.717) is 12.1 Å². The first kappa shape index (κ1) is 9.18. The van der Waals surface area contributed by atoms with Gasteiger partial charge in [-0.15, -0.1) is 0 Å². The summed E-state index contributed by atoms with van der Waals surface area (Å²) in [7, 11) is 1.82. The molecule has 0 aliphatic carbocycles. The molecule has 2 aromatic rings. The molecule has 2 rings (SSSR count). The molecule has 0 aliphatic heterocycles. The van der Waals surface area contributed by atoms with Gasteiger partial charge in [-0.25, -0.2) is 0 Å². The second-order valence-electron chi connectivity index (χ2n) is 6.22. The molecule has 0 bridgehead atoms. The molecule has 0 saturated carbocycles. The average Bonchev–Trinajstić information content (AvgIpc) is 2.63. The Kier molecular flexibility index (Phi) is 3.04. The molecule has 1 heteroatoms. The number of allylic oxidation sites excluding steroid dienone is 1. The van der Waals surface area contributed by atoms with Crippen LogP contribution in [-0.4, -0.2) is 18.5 Å². The van der Waals surface area contributed by atoms with Crippen LogP contribution >= 0.6 is 0 Å². The lowest BCUT2D eigenvalue weighted by atomic mass is 9.98. The van der Waals surface area contributed by atoms with Gasteiger partial charge in [0.25, 0.3) is 0 Å². The maximum atomic E-state index is 8.29. The van der Waals surface area contributed by atoms with Gasteiger partial charge in [-0.2, -0.15) is 0 Å². The van der Waals surface area contributed by atoms with Gasteiger partial charge in [-0.1, -0.05) is 60.2 Å². The van der Waals surface area contributed by atoms with E-state index in [9.17, 15) is 0 Å². The fourth-order valence-electron chi connectivity index (χ4n) is 1.87. The molecule has 0 radical (unpaired) electrons. The van der Waals surface area contributed by atoms with Crippen LogP contribution in [0.25, 0.3) is 10.8 Å². The topological polar surface area (TPSA) is 3.24 Å². The number of hydrogen-bond donors (Lipinski definition) is 0. The Morgan fingerprint density at radius 2 is 1.86 bits per heavy atom. The zero-order valence-electron chi connectivity index (χ0n) is 20.5. The lowest BCUT2D eigenvalue weighted by molar-refractivity contribution is 0.365. The molecule has 0 fully saturated rings. The van der Waals surface area contributed by atoms with Crippen LogP contribution in [0, 0.1) is 17.3 Å². The zero-order chi connectivity index (χ0) is 22.1. The van der Waals surface area contributed by atoms with Crippen LogP contribution in [0.3, 0.4) is 0 Å². The SMILES string of the molecule is [2H]c1c([2H])c([2H])c2c(CN(C)C/C=C/C#CC(C)(C)C)c([2H])c([2H])c([2H])c2c1[2H]. The smallest absolute Gasteiger partial charge is 0.0629 e. The molecule has 0 N–H and O–H groups in total. The van der Waals surface area contributed by atoms with Crippen molar-refractivity contribution in [3.8, 4) is 11.8 Å². The van der Waals surface area contributed by atoms with Crippen LogP contribution in [0.15, 0.2) is 54.4 Å². The van der Waals surface area contributed by atoms with E-state index in [4.69, 9.17) is 9.60 Å². The largest absolute Gasteiger partial charge is 0.298 e. The molecule has 0 saturated heterocycles. The Hall–Kier alpha value is -2.04. The summed E-state index contributed by atoms with van der Waals surface area (Å²) in [6, 6.07) is -2.33. The Morgan fingerprint density at radius 1 is 1.14 bits per heavy atom. The predicted molar refractivity (Wildman–Crippen MR) is 96.7 cm³/mol. The van der Waals surface area contributed by atoms with E-state index < -0.39 is 12.1 Å². The number of nitrogens with zero attached hydrogens (tertiary/aromatic N) is 1. The highest BCUT2D eigenvalue weighted by molar-refractivity contribution is 5.85. The van der Waals surface area contributed by atoms with Gasteiger partial charge in [0.15, 0.2) is 0 Å². The van der Waals surface area contributed by atoms with Crippen molar-refractivity contribution < 1.29 is 9.60 Å². The third kappa shape index (κ3) is 5.06. The molecule has 0 unspecified atom stereocenters. The van der Waals surface area contributed by atoms with E-state index in [2.05, 4.69) is 11.8 Å². The average molecular weight is 298 g/mol. The molecule has 0 aromatic heterocycles. The highest BCUT2D eigenvalue weighted by Crippen LogP contribution is 2.19. The van der Waals surface area contributed by atoms with E-state index in [1.54, 1.807) is 6.08 Å². The maximum Gasteiger partial charge on any atom is 0.0629 e. The van der Waals surface area contributed by atoms with Gasteiger partial charge in [0.05, 0.1) is 9.60 Å². The number of fused-ring (bicyclic) bond motifs is 1. The second-order valence-corrected chi connectivity index (χ2v) is 6.22. The highest BCUT2D eigenvalue weighted by atomic mass is 15.1. The summed E-state index contributed by atoms with van der Waals surface area (Å²) in [5, 5.41) is 0.136. The van der Waals surface area contributed by atoms with Crippen LogP contribution in [0.5, 0.6) is 0 Å². The van der Waals surface area contributed by atoms with Crippen molar-refractivity contribution in [1.29, 1.82) is 0 Å². The minimum absolute atomic E-state index is 0.00742. The van der Waals surface area contributed by atoms with Crippen molar-refractivity contribution in [3.63, 3.8) is 0 Å². The predicted octanol–water partition coefficient (Wildman–Crippen LogP) is 4.88. The zero-order valence-corrected chi connectivity index (χ0v) is 13.5. The molecule has 0 amide bonds. The first-order valence-electron chi connectivity index (χ1n) is 10.7. The Labute approximate surface area is 144 Å². The van der Waals surface area contributed by atoms with Crippen molar-refractivity contribution in [3.05, 3.63) is 60.0 Å². The Balaban J connectivity index is 2.48. The molecule has 22 heavy (non-hydrogen) atoms. The fraction of sp³-hybridized carbons (Fsp3) is 0.333. The summed E-state index contributed by atoms with van der Waals surface area (Å²) in [6.07, 6.45) is 3.64. The number of rotatable bonds is 4. The highest BCUT2D eigenvalue weighted by Gasteiger charge is 2.03. The van der Waals surface area contributed by atoms with Crippen LogP contribution in [0.4, 0.5) is 0 Å². The minimum Gasteiger partial charge on any atom is -0.298 e. The lowest BCUT2D eigenvalue weighted by Crippen LogP contribution is -2.17. The van der Waals surface area contributed by atoms with Crippen molar-refractivity contribution in [2.75, 3.05) is 13.6 Å². The van der Waals surface area contributed by atoms with Gasteiger partial charge in [0.2, 0.25) is 0 Å². The normalized spacial score (nSPS) is 16.3. The molecule has 0 spiro atoms. The van der Waals surface area contributed by atoms with Crippen LogP contribution in [0.1, 0.15) is 35.9 Å². The third-order valence-electron chi connectivity index (χ3n) is 2.88. The molecule has 114 valence electrons. The molecular formula is C21H25N. The van der Waals surface area contributed by atoms with E-state index in [-0.39, 0.29) is 52.9 Å². The van der Waals surface area contributed by atoms with Crippen molar-refractivity contribution in [1.82, 2.24) is 4.90 Å². The number of benzene rings is 2. The first-order valence-corrected chi connectivity index (χ1v) is 7.21. The first-order chi connectivity index (χ1) is 13.4. The van der Waals surface area contributed by atoms with E-state index in [1.165, 1.54) is 0 Å². The quantitative estimate of drug-likeness (QED) is 0.727. The minimum atomic E-state index is -0.437. The van der Waals surface area contributed by atoms with Crippen LogP contribution in [-0.2, 0) is 6.54 Å². The van der Waals surface area contributed by atoms with Gasteiger partial charge in [0, 0.05) is 18.5 Å². The van der Waals surface area contributed by atoms with Gasteiger partial charge in [0.1, 0.15) is 0 Å². The van der Waals surface area contributed by atoms with Crippen LogP contribution < -0.4 is 0 Å². The van der Waals surface area contributed by atoms with E-state index in [1.807, 2.05) is 38.8 Å². The molecule has 0 aliphatic rings. The molecule has 2 aromatic carbocycles.